The number of ketones is 1. The lowest BCUT2D eigenvalue weighted by atomic mass is 9.93. The number of carbonyl (C=O) groups excluding carboxylic acids is 2. The standard InChI is InChI=1S/C14H17NO5/c1-3-20-13(17)14(2,15(18)19)10-9-12(16)11-7-5-4-6-8-11/h4-8H,3,9-10H2,1-2H3. The summed E-state index contributed by atoms with van der Waals surface area (Å²) in [5.74, 6) is -1.14. The summed E-state index contributed by atoms with van der Waals surface area (Å²) >= 11 is 0. The van der Waals surface area contributed by atoms with Gasteiger partial charge in [0.25, 0.3) is 0 Å². The zero-order valence-electron chi connectivity index (χ0n) is 11.5. The Morgan fingerprint density at radius 2 is 1.90 bits per heavy atom. The SMILES string of the molecule is CCOC(=O)C(C)(CCC(=O)c1ccccc1)[N+](=O)[O-]. The normalized spacial score (nSPS) is 13.3. The number of hydrogen-bond acceptors (Lipinski definition) is 5. The maximum atomic E-state index is 11.9. The Labute approximate surface area is 116 Å². The molecule has 1 aromatic carbocycles. The first-order valence-electron chi connectivity index (χ1n) is 6.31. The summed E-state index contributed by atoms with van der Waals surface area (Å²) in [5.41, 5.74) is -1.41. The van der Waals surface area contributed by atoms with Crippen molar-refractivity contribution in [3.05, 3.63) is 46.0 Å². The quantitative estimate of drug-likeness (QED) is 0.330. The highest BCUT2D eigenvalue weighted by molar-refractivity contribution is 5.96. The largest absolute Gasteiger partial charge is 0.461 e. The van der Waals surface area contributed by atoms with Gasteiger partial charge in [-0.05, 0) is 6.92 Å². The molecule has 1 atom stereocenters. The van der Waals surface area contributed by atoms with Crippen molar-refractivity contribution in [1.82, 2.24) is 0 Å². The summed E-state index contributed by atoms with van der Waals surface area (Å²) < 4.78 is 4.71. The molecule has 0 aromatic heterocycles. The molecule has 0 spiro atoms. The van der Waals surface area contributed by atoms with E-state index in [1.807, 2.05) is 0 Å². The number of nitro groups is 1. The highest BCUT2D eigenvalue weighted by Gasteiger charge is 2.47. The van der Waals surface area contributed by atoms with Crippen LogP contribution in [0.25, 0.3) is 0 Å². The monoisotopic (exact) mass is 279 g/mol. The fourth-order valence-electron chi connectivity index (χ4n) is 1.68. The minimum absolute atomic E-state index is 0.0644. The third-order valence-corrected chi connectivity index (χ3v) is 3.05. The first-order chi connectivity index (χ1) is 9.41. The van der Waals surface area contributed by atoms with E-state index in [2.05, 4.69) is 0 Å². The molecular formula is C14H17NO5. The van der Waals surface area contributed by atoms with Gasteiger partial charge in [0, 0.05) is 30.3 Å². The molecule has 0 aliphatic heterocycles. The summed E-state index contributed by atoms with van der Waals surface area (Å²) in [6.07, 6.45) is -0.271. The molecule has 0 N–H and O–H groups in total. The van der Waals surface area contributed by atoms with Gasteiger partial charge < -0.3 is 4.74 Å². The Balaban J connectivity index is 2.76. The molecule has 0 heterocycles. The number of carbonyl (C=O) groups is 2. The third-order valence-electron chi connectivity index (χ3n) is 3.05. The van der Waals surface area contributed by atoms with Crippen LogP contribution in [0.4, 0.5) is 0 Å². The van der Waals surface area contributed by atoms with Crippen LogP contribution in [-0.4, -0.2) is 28.8 Å². The fourth-order valence-corrected chi connectivity index (χ4v) is 1.68. The van der Waals surface area contributed by atoms with Crippen LogP contribution in [0, 0.1) is 10.1 Å². The highest BCUT2D eigenvalue weighted by Crippen LogP contribution is 2.20. The zero-order valence-corrected chi connectivity index (χ0v) is 11.5. The second-order valence-electron chi connectivity index (χ2n) is 4.54. The van der Waals surface area contributed by atoms with Crippen molar-refractivity contribution >= 4 is 11.8 Å². The molecule has 0 bridgehead atoms. The molecule has 0 aliphatic carbocycles. The summed E-state index contributed by atoms with van der Waals surface area (Å²) in [7, 11) is 0. The first-order valence-corrected chi connectivity index (χ1v) is 6.31. The smallest absolute Gasteiger partial charge is 0.384 e. The van der Waals surface area contributed by atoms with Crippen molar-refractivity contribution in [2.45, 2.75) is 32.2 Å². The van der Waals surface area contributed by atoms with Crippen LogP contribution in [0.5, 0.6) is 0 Å². The highest BCUT2D eigenvalue weighted by atomic mass is 16.6. The van der Waals surface area contributed by atoms with Crippen LogP contribution in [0.15, 0.2) is 30.3 Å². The lowest BCUT2D eigenvalue weighted by Crippen LogP contribution is -2.45. The Hall–Kier alpha value is -2.24. The molecule has 0 saturated carbocycles. The molecular weight excluding hydrogens is 262 g/mol. The first kappa shape index (κ1) is 15.8. The van der Waals surface area contributed by atoms with Gasteiger partial charge in [-0.2, -0.15) is 0 Å². The Bertz CT molecular complexity index is 500. The van der Waals surface area contributed by atoms with Crippen molar-refractivity contribution in [1.29, 1.82) is 0 Å². The lowest BCUT2D eigenvalue weighted by Gasteiger charge is -2.18. The van der Waals surface area contributed by atoms with Gasteiger partial charge in [0.15, 0.2) is 5.78 Å². The molecule has 6 nitrogen and oxygen atoms in total. The van der Waals surface area contributed by atoms with Gasteiger partial charge in [-0.25, -0.2) is 4.79 Å². The maximum absolute atomic E-state index is 11.9. The van der Waals surface area contributed by atoms with E-state index in [4.69, 9.17) is 4.74 Å². The third kappa shape index (κ3) is 3.63. The molecule has 20 heavy (non-hydrogen) atoms. The van der Waals surface area contributed by atoms with Crippen LogP contribution in [0.2, 0.25) is 0 Å². The summed E-state index contributed by atoms with van der Waals surface area (Å²) in [5, 5.41) is 11.1. The molecule has 108 valence electrons. The average molecular weight is 279 g/mol. The lowest BCUT2D eigenvalue weighted by molar-refractivity contribution is -0.551. The number of Topliss-reactive ketones (excluding diaryl/α,β-unsaturated/α-hetero) is 1. The minimum atomic E-state index is -1.89. The van der Waals surface area contributed by atoms with Crippen molar-refractivity contribution in [3.8, 4) is 0 Å². The van der Waals surface area contributed by atoms with Crippen molar-refractivity contribution in [2.75, 3.05) is 6.61 Å². The van der Waals surface area contributed by atoms with Gasteiger partial charge in [-0.3, -0.25) is 14.9 Å². The van der Waals surface area contributed by atoms with Crippen molar-refractivity contribution in [3.63, 3.8) is 0 Å². The molecule has 0 aliphatic rings. The number of rotatable bonds is 7. The van der Waals surface area contributed by atoms with E-state index in [9.17, 15) is 19.7 Å². The van der Waals surface area contributed by atoms with Crippen LogP contribution >= 0.6 is 0 Å². The molecule has 1 rings (SSSR count). The Morgan fingerprint density at radius 3 is 2.40 bits per heavy atom. The van der Waals surface area contributed by atoms with Gasteiger partial charge in [-0.15, -0.1) is 0 Å². The van der Waals surface area contributed by atoms with E-state index in [1.165, 1.54) is 6.92 Å². The fraction of sp³-hybridized carbons (Fsp3) is 0.429. The summed E-state index contributed by atoms with van der Waals surface area (Å²) in [6, 6.07) is 8.47. The second kappa shape index (κ2) is 6.79. The number of nitrogens with zero attached hydrogens (tertiary/aromatic N) is 1. The van der Waals surface area contributed by atoms with Crippen LogP contribution in [0.3, 0.4) is 0 Å². The molecule has 1 aromatic rings. The van der Waals surface area contributed by atoms with Crippen LogP contribution in [-0.2, 0) is 9.53 Å². The maximum Gasteiger partial charge on any atom is 0.384 e. The molecule has 0 saturated heterocycles. The topological polar surface area (TPSA) is 86.5 Å². The van der Waals surface area contributed by atoms with Gasteiger partial charge in [0.2, 0.25) is 0 Å². The molecule has 6 heteroatoms. The second-order valence-corrected chi connectivity index (χ2v) is 4.54. The van der Waals surface area contributed by atoms with Gasteiger partial charge >= 0.3 is 11.5 Å². The molecule has 0 radical (unpaired) electrons. The number of esters is 1. The summed E-state index contributed by atoms with van der Waals surface area (Å²) in [6.45, 7) is 2.82. The van der Waals surface area contributed by atoms with E-state index in [-0.39, 0.29) is 25.2 Å². The Kier molecular flexibility index (Phi) is 5.37. The predicted molar refractivity (Wildman–Crippen MR) is 72.0 cm³/mol. The van der Waals surface area contributed by atoms with Crippen LogP contribution in [0.1, 0.15) is 37.0 Å². The van der Waals surface area contributed by atoms with Crippen molar-refractivity contribution < 1.29 is 19.2 Å². The van der Waals surface area contributed by atoms with Gasteiger partial charge in [0.1, 0.15) is 0 Å². The molecule has 1 unspecified atom stereocenters. The van der Waals surface area contributed by atoms with Gasteiger partial charge in [0.05, 0.1) is 6.61 Å². The van der Waals surface area contributed by atoms with E-state index in [0.29, 0.717) is 5.56 Å². The van der Waals surface area contributed by atoms with E-state index in [0.717, 1.165) is 0 Å². The number of hydrogen-bond donors (Lipinski definition) is 0. The minimum Gasteiger partial charge on any atom is -0.461 e. The summed E-state index contributed by atoms with van der Waals surface area (Å²) in [4.78, 5) is 34.0. The van der Waals surface area contributed by atoms with Crippen molar-refractivity contribution in [2.24, 2.45) is 0 Å². The van der Waals surface area contributed by atoms with E-state index in [1.54, 1.807) is 37.3 Å². The van der Waals surface area contributed by atoms with Gasteiger partial charge in [-0.1, -0.05) is 30.3 Å². The average Bonchev–Trinajstić information content (AvgIpc) is 2.45. The molecule has 0 amide bonds. The number of benzene rings is 1. The van der Waals surface area contributed by atoms with E-state index < -0.39 is 16.4 Å². The van der Waals surface area contributed by atoms with E-state index >= 15 is 0 Å². The van der Waals surface area contributed by atoms with Crippen LogP contribution < -0.4 is 0 Å². The zero-order chi connectivity index (χ0) is 15.2. The Morgan fingerprint density at radius 1 is 1.30 bits per heavy atom. The molecule has 0 fully saturated rings. The number of ether oxygens (including phenoxy) is 1. The predicted octanol–water partition coefficient (Wildman–Crippen LogP) is 2.25.